The van der Waals surface area contributed by atoms with Crippen molar-refractivity contribution in [2.75, 3.05) is 5.32 Å². The summed E-state index contributed by atoms with van der Waals surface area (Å²) in [4.78, 5) is 17.1. The average molecular weight is 356 g/mol. The predicted octanol–water partition coefficient (Wildman–Crippen LogP) is 5.73. The number of carbonyl (C=O) groups excluding carboxylic acids is 1. The van der Waals surface area contributed by atoms with Gasteiger partial charge in [-0.25, -0.2) is 4.98 Å². The van der Waals surface area contributed by atoms with Crippen LogP contribution in [-0.2, 0) is 0 Å². The van der Waals surface area contributed by atoms with Gasteiger partial charge in [-0.05, 0) is 24.3 Å². The number of benzene rings is 3. The monoisotopic (exact) mass is 356 g/mol. The summed E-state index contributed by atoms with van der Waals surface area (Å²) < 4.78 is 0. The summed E-state index contributed by atoms with van der Waals surface area (Å²) in [5.74, 6) is -0.119. The van der Waals surface area contributed by atoms with Crippen LogP contribution in [0, 0.1) is 0 Å². The molecule has 0 spiro atoms. The van der Waals surface area contributed by atoms with Gasteiger partial charge in [-0.3, -0.25) is 4.79 Å². The third kappa shape index (κ3) is 3.55. The second-order valence-corrected chi connectivity index (χ2v) is 6.66. The zero-order valence-electron chi connectivity index (χ0n) is 13.9. The third-order valence-electron chi connectivity index (χ3n) is 3.98. The van der Waals surface area contributed by atoms with Gasteiger partial charge in [0.05, 0.1) is 5.69 Å². The van der Waals surface area contributed by atoms with E-state index in [-0.39, 0.29) is 5.91 Å². The molecule has 4 heteroatoms. The Morgan fingerprint density at radius 1 is 0.808 bits per heavy atom. The summed E-state index contributed by atoms with van der Waals surface area (Å²) in [7, 11) is 0. The Balaban J connectivity index is 1.57. The maximum absolute atomic E-state index is 12.3. The number of hydrogen-bond donors (Lipinski definition) is 1. The van der Waals surface area contributed by atoms with Crippen molar-refractivity contribution in [1.82, 2.24) is 4.98 Å². The van der Waals surface area contributed by atoms with E-state index in [1.165, 1.54) is 0 Å². The van der Waals surface area contributed by atoms with Gasteiger partial charge in [0, 0.05) is 27.8 Å². The number of hydrogen-bond acceptors (Lipinski definition) is 3. The molecule has 1 heterocycles. The van der Waals surface area contributed by atoms with Crippen LogP contribution in [0.25, 0.3) is 21.8 Å². The lowest BCUT2D eigenvalue weighted by molar-refractivity contribution is 0.102. The first-order chi connectivity index (χ1) is 12.8. The molecule has 0 bridgehead atoms. The Morgan fingerprint density at radius 3 is 2.27 bits per heavy atom. The number of aromatic nitrogens is 1. The molecule has 0 aliphatic rings. The van der Waals surface area contributed by atoms with Crippen molar-refractivity contribution >= 4 is 22.9 Å². The lowest BCUT2D eigenvalue weighted by Gasteiger charge is -2.06. The molecule has 0 unspecified atom stereocenters. The Kier molecular flexibility index (Phi) is 4.58. The summed E-state index contributed by atoms with van der Waals surface area (Å²) in [6.45, 7) is 0. The maximum Gasteiger partial charge on any atom is 0.255 e. The van der Waals surface area contributed by atoms with E-state index in [4.69, 9.17) is 4.98 Å². The molecule has 0 radical (unpaired) electrons. The van der Waals surface area contributed by atoms with Gasteiger partial charge in [0.25, 0.3) is 5.91 Å². The summed E-state index contributed by atoms with van der Waals surface area (Å²) in [5, 5.41) is 5.97. The molecule has 126 valence electrons. The minimum absolute atomic E-state index is 0.119. The minimum atomic E-state index is -0.119. The molecule has 1 amide bonds. The van der Waals surface area contributed by atoms with E-state index < -0.39 is 0 Å². The first kappa shape index (κ1) is 16.2. The number of nitrogens with one attached hydrogen (secondary N) is 1. The SMILES string of the molecule is O=C(Nc1cccc(-c2csc(-c3ccccc3)n2)c1)c1ccccc1. The van der Waals surface area contributed by atoms with Gasteiger partial charge in [-0.2, -0.15) is 0 Å². The van der Waals surface area contributed by atoms with E-state index in [9.17, 15) is 4.79 Å². The highest BCUT2D eigenvalue weighted by atomic mass is 32.1. The van der Waals surface area contributed by atoms with Crippen LogP contribution in [0.15, 0.2) is 90.3 Å². The van der Waals surface area contributed by atoms with Crippen molar-refractivity contribution in [3.8, 4) is 21.8 Å². The molecule has 0 saturated carbocycles. The molecule has 1 N–H and O–H groups in total. The van der Waals surface area contributed by atoms with Crippen molar-refractivity contribution in [3.05, 3.63) is 95.9 Å². The number of nitrogens with zero attached hydrogens (tertiary/aromatic N) is 1. The molecule has 4 rings (SSSR count). The highest BCUT2D eigenvalue weighted by molar-refractivity contribution is 7.13. The number of rotatable bonds is 4. The molecule has 26 heavy (non-hydrogen) atoms. The van der Waals surface area contributed by atoms with Crippen molar-refractivity contribution in [2.24, 2.45) is 0 Å². The molecule has 0 atom stereocenters. The first-order valence-electron chi connectivity index (χ1n) is 8.27. The fourth-order valence-electron chi connectivity index (χ4n) is 2.67. The van der Waals surface area contributed by atoms with Crippen molar-refractivity contribution in [1.29, 1.82) is 0 Å². The Hall–Kier alpha value is -3.24. The standard InChI is InChI=1S/C22H16N2OS/c25-21(16-8-3-1-4-9-16)23-19-13-7-12-18(14-19)20-15-26-22(24-20)17-10-5-2-6-11-17/h1-15H,(H,23,25). The fourth-order valence-corrected chi connectivity index (χ4v) is 3.50. The lowest BCUT2D eigenvalue weighted by Crippen LogP contribution is -2.11. The second kappa shape index (κ2) is 7.33. The predicted molar refractivity (Wildman–Crippen MR) is 107 cm³/mol. The number of amides is 1. The molecule has 0 saturated heterocycles. The fraction of sp³-hybridized carbons (Fsp3) is 0. The molecular formula is C22H16N2OS. The van der Waals surface area contributed by atoms with E-state index in [1.54, 1.807) is 23.5 Å². The van der Waals surface area contributed by atoms with Crippen molar-refractivity contribution < 1.29 is 4.79 Å². The molecule has 0 aliphatic carbocycles. The normalized spacial score (nSPS) is 10.5. The van der Waals surface area contributed by atoms with Gasteiger partial charge in [0.2, 0.25) is 0 Å². The Labute approximate surface area is 156 Å². The van der Waals surface area contributed by atoms with Gasteiger partial charge >= 0.3 is 0 Å². The number of carbonyl (C=O) groups is 1. The van der Waals surface area contributed by atoms with Crippen molar-refractivity contribution in [2.45, 2.75) is 0 Å². The van der Waals surface area contributed by atoms with Gasteiger partial charge in [0.15, 0.2) is 0 Å². The molecular weight excluding hydrogens is 340 g/mol. The van der Waals surface area contributed by atoms with Crippen LogP contribution in [0.2, 0.25) is 0 Å². The largest absolute Gasteiger partial charge is 0.322 e. The quantitative estimate of drug-likeness (QED) is 0.507. The zero-order valence-corrected chi connectivity index (χ0v) is 14.7. The van der Waals surface area contributed by atoms with Crippen LogP contribution in [-0.4, -0.2) is 10.9 Å². The van der Waals surface area contributed by atoms with E-state index in [2.05, 4.69) is 17.4 Å². The Morgan fingerprint density at radius 2 is 1.50 bits per heavy atom. The smallest absolute Gasteiger partial charge is 0.255 e. The molecule has 1 aromatic heterocycles. The van der Waals surface area contributed by atoms with E-state index in [0.29, 0.717) is 5.56 Å². The van der Waals surface area contributed by atoms with E-state index in [0.717, 1.165) is 27.5 Å². The third-order valence-corrected chi connectivity index (χ3v) is 4.87. The summed E-state index contributed by atoms with van der Waals surface area (Å²) >= 11 is 1.62. The van der Waals surface area contributed by atoms with Gasteiger partial charge < -0.3 is 5.32 Å². The topological polar surface area (TPSA) is 42.0 Å². The summed E-state index contributed by atoms with van der Waals surface area (Å²) in [5.41, 5.74) is 4.39. The molecule has 4 aromatic rings. The number of anilines is 1. The molecule has 3 nitrogen and oxygen atoms in total. The summed E-state index contributed by atoms with van der Waals surface area (Å²) in [6, 6.07) is 27.1. The van der Waals surface area contributed by atoms with E-state index >= 15 is 0 Å². The van der Waals surface area contributed by atoms with Crippen molar-refractivity contribution in [3.63, 3.8) is 0 Å². The number of thiazole rings is 1. The highest BCUT2D eigenvalue weighted by Crippen LogP contribution is 2.29. The zero-order chi connectivity index (χ0) is 17.8. The minimum Gasteiger partial charge on any atom is -0.322 e. The molecule has 0 fully saturated rings. The van der Waals surface area contributed by atoms with Crippen LogP contribution in [0.3, 0.4) is 0 Å². The maximum atomic E-state index is 12.3. The lowest BCUT2D eigenvalue weighted by atomic mass is 10.1. The van der Waals surface area contributed by atoms with Crippen LogP contribution < -0.4 is 5.32 Å². The summed E-state index contributed by atoms with van der Waals surface area (Å²) in [6.07, 6.45) is 0. The van der Waals surface area contributed by atoms with Gasteiger partial charge in [0.1, 0.15) is 5.01 Å². The highest BCUT2D eigenvalue weighted by Gasteiger charge is 2.09. The van der Waals surface area contributed by atoms with E-state index in [1.807, 2.05) is 66.0 Å². The Bertz CT molecular complexity index is 1030. The van der Waals surface area contributed by atoms with Gasteiger partial charge in [-0.15, -0.1) is 11.3 Å². The molecule has 3 aromatic carbocycles. The van der Waals surface area contributed by atoms with Crippen LogP contribution in [0.5, 0.6) is 0 Å². The molecule has 0 aliphatic heterocycles. The van der Waals surface area contributed by atoms with Gasteiger partial charge in [-0.1, -0.05) is 60.7 Å². The van der Waals surface area contributed by atoms with Crippen LogP contribution >= 0.6 is 11.3 Å². The average Bonchev–Trinajstić information content (AvgIpc) is 3.20. The van der Waals surface area contributed by atoms with Crippen LogP contribution in [0.1, 0.15) is 10.4 Å². The first-order valence-corrected chi connectivity index (χ1v) is 9.15. The second-order valence-electron chi connectivity index (χ2n) is 5.80. The van der Waals surface area contributed by atoms with Crippen LogP contribution in [0.4, 0.5) is 5.69 Å².